The molecule has 100 valence electrons. The van der Waals surface area contributed by atoms with Crippen LogP contribution < -0.4 is 5.32 Å². The molecule has 2 heterocycles. The van der Waals surface area contributed by atoms with Crippen molar-refractivity contribution < 1.29 is 0 Å². The van der Waals surface area contributed by atoms with Gasteiger partial charge in [0.05, 0.1) is 4.47 Å². The Bertz CT molecular complexity index is 639. The molecule has 0 radical (unpaired) electrons. The second-order valence-corrected chi connectivity index (χ2v) is 6.11. The lowest BCUT2D eigenvalue weighted by Crippen LogP contribution is -2.05. The maximum Gasteiger partial charge on any atom is 0.243 e. The van der Waals surface area contributed by atoms with Crippen molar-refractivity contribution in [2.45, 2.75) is 13.8 Å². The van der Waals surface area contributed by atoms with Gasteiger partial charge in [-0.3, -0.25) is 0 Å². The summed E-state index contributed by atoms with van der Waals surface area (Å²) in [6.07, 6.45) is 6.00. The van der Waals surface area contributed by atoms with Crippen LogP contribution >= 0.6 is 31.9 Å². The lowest BCUT2D eigenvalue weighted by Gasteiger charge is -2.02. The highest BCUT2D eigenvalue weighted by Crippen LogP contribution is 2.17. The molecule has 2 aromatic heterocycles. The number of aromatic nitrogens is 3. The summed E-state index contributed by atoms with van der Waals surface area (Å²) < 4.78 is 3.76. The van der Waals surface area contributed by atoms with Crippen molar-refractivity contribution in [2.24, 2.45) is 0 Å². The summed E-state index contributed by atoms with van der Waals surface area (Å²) in [5.41, 5.74) is 1.98. The van der Waals surface area contributed by atoms with Gasteiger partial charge in [-0.05, 0) is 58.0 Å². The van der Waals surface area contributed by atoms with E-state index in [1.807, 2.05) is 32.2 Å². The minimum Gasteiger partial charge on any atom is -0.349 e. The molecule has 0 atom stereocenters. The second-order valence-electron chi connectivity index (χ2n) is 4.01. The monoisotopic (exact) mass is 384 g/mol. The highest BCUT2D eigenvalue weighted by Gasteiger charge is 2.05. The lowest BCUT2D eigenvalue weighted by atomic mass is 10.2. The number of halogens is 2. The molecular weight excluding hydrogens is 372 g/mol. The number of fused-ring (bicyclic) bond motifs is 1. The zero-order valence-corrected chi connectivity index (χ0v) is 13.9. The van der Waals surface area contributed by atoms with Gasteiger partial charge < -0.3 is 5.32 Å². The second kappa shape index (κ2) is 6.34. The number of nitrogens with one attached hydrogen (secondary N) is 1. The summed E-state index contributed by atoms with van der Waals surface area (Å²) in [5, 5.41) is 7.58. The van der Waals surface area contributed by atoms with Crippen molar-refractivity contribution in [3.05, 3.63) is 45.0 Å². The fourth-order valence-electron chi connectivity index (χ4n) is 1.62. The first-order valence-electron chi connectivity index (χ1n) is 5.84. The number of hydrogen-bond donors (Lipinski definition) is 1. The van der Waals surface area contributed by atoms with Crippen LogP contribution in [0.5, 0.6) is 0 Å². The summed E-state index contributed by atoms with van der Waals surface area (Å²) in [7, 11) is 0. The number of hydrogen-bond acceptors (Lipinski definition) is 3. The van der Waals surface area contributed by atoms with Crippen molar-refractivity contribution in [2.75, 3.05) is 11.9 Å². The van der Waals surface area contributed by atoms with Gasteiger partial charge in [-0.15, -0.1) is 5.10 Å². The van der Waals surface area contributed by atoms with E-state index in [-0.39, 0.29) is 0 Å². The molecule has 0 amide bonds. The normalized spacial score (nSPS) is 13.1. The van der Waals surface area contributed by atoms with E-state index in [4.69, 9.17) is 0 Å². The standard InChI is InChI=1S/C13H14Br2N4/c1-3-10(7-9(2)14)8-16-13-17-12-11(15)5-4-6-19(12)18-13/h3-7H,8H2,1-2H3,(H,16,18). The topological polar surface area (TPSA) is 42.2 Å². The first-order chi connectivity index (χ1) is 9.10. The van der Waals surface area contributed by atoms with E-state index in [0.717, 1.165) is 14.6 Å². The average molecular weight is 386 g/mol. The first-order valence-corrected chi connectivity index (χ1v) is 7.42. The van der Waals surface area contributed by atoms with Crippen molar-refractivity contribution >= 4 is 43.5 Å². The van der Waals surface area contributed by atoms with Gasteiger partial charge in [0, 0.05) is 12.7 Å². The zero-order chi connectivity index (χ0) is 13.8. The number of allylic oxidation sites excluding steroid dienone is 2. The highest BCUT2D eigenvalue weighted by atomic mass is 79.9. The van der Waals surface area contributed by atoms with Crippen LogP contribution in [0.25, 0.3) is 5.65 Å². The maximum atomic E-state index is 4.43. The molecular formula is C13H14Br2N4. The predicted octanol–water partition coefficient (Wildman–Crippen LogP) is 4.15. The molecule has 0 saturated carbocycles. The Hall–Kier alpha value is -1.14. The molecule has 0 aliphatic carbocycles. The van der Waals surface area contributed by atoms with Gasteiger partial charge in [0.25, 0.3) is 0 Å². The molecule has 0 bridgehead atoms. The molecule has 2 aromatic rings. The minimum absolute atomic E-state index is 0.617. The SMILES string of the molecule is CC=C(C=C(C)Br)CNc1nc2c(Br)cccn2n1. The Kier molecular flexibility index (Phi) is 4.76. The third-order valence-corrected chi connectivity index (χ3v) is 3.37. The molecule has 1 N–H and O–H groups in total. The fraction of sp³-hybridized carbons (Fsp3) is 0.231. The van der Waals surface area contributed by atoms with Crippen LogP contribution in [0.15, 0.2) is 45.0 Å². The van der Waals surface area contributed by atoms with Crippen LogP contribution in [-0.4, -0.2) is 21.1 Å². The molecule has 0 spiro atoms. The van der Waals surface area contributed by atoms with Crippen LogP contribution in [0.4, 0.5) is 5.95 Å². The maximum absolute atomic E-state index is 4.43. The molecule has 0 aromatic carbocycles. The third kappa shape index (κ3) is 3.67. The molecule has 19 heavy (non-hydrogen) atoms. The molecule has 4 nitrogen and oxygen atoms in total. The summed E-state index contributed by atoms with van der Waals surface area (Å²) in [6.45, 7) is 4.70. The van der Waals surface area contributed by atoms with E-state index in [2.05, 4.69) is 59.4 Å². The Morgan fingerprint density at radius 1 is 1.53 bits per heavy atom. The van der Waals surface area contributed by atoms with E-state index in [0.29, 0.717) is 12.5 Å². The van der Waals surface area contributed by atoms with Gasteiger partial charge >= 0.3 is 0 Å². The third-order valence-electron chi connectivity index (χ3n) is 2.52. The summed E-state index contributed by atoms with van der Waals surface area (Å²) in [6, 6.07) is 3.87. The van der Waals surface area contributed by atoms with E-state index >= 15 is 0 Å². The van der Waals surface area contributed by atoms with Gasteiger partial charge in [-0.1, -0.05) is 22.0 Å². The van der Waals surface area contributed by atoms with Crippen LogP contribution in [0.3, 0.4) is 0 Å². The Labute approximate surface area is 128 Å². The number of rotatable bonds is 4. The number of pyridine rings is 1. The Morgan fingerprint density at radius 3 is 2.95 bits per heavy atom. The van der Waals surface area contributed by atoms with Crippen molar-refractivity contribution in [1.82, 2.24) is 14.6 Å². The van der Waals surface area contributed by atoms with Gasteiger partial charge in [0.15, 0.2) is 5.65 Å². The van der Waals surface area contributed by atoms with Gasteiger partial charge in [-0.2, -0.15) is 4.98 Å². The average Bonchev–Trinajstić information content (AvgIpc) is 2.78. The van der Waals surface area contributed by atoms with E-state index < -0.39 is 0 Å². The van der Waals surface area contributed by atoms with E-state index in [9.17, 15) is 0 Å². The van der Waals surface area contributed by atoms with Crippen LogP contribution in [0.1, 0.15) is 13.8 Å². The molecule has 0 aliphatic rings. The highest BCUT2D eigenvalue weighted by molar-refractivity contribution is 9.11. The van der Waals surface area contributed by atoms with Crippen LogP contribution in [-0.2, 0) is 0 Å². The van der Waals surface area contributed by atoms with Gasteiger partial charge in [0.1, 0.15) is 0 Å². The van der Waals surface area contributed by atoms with Crippen LogP contribution in [0, 0.1) is 0 Å². The smallest absolute Gasteiger partial charge is 0.243 e. The van der Waals surface area contributed by atoms with Crippen molar-refractivity contribution in [1.29, 1.82) is 0 Å². The lowest BCUT2D eigenvalue weighted by molar-refractivity contribution is 0.955. The first kappa shape index (κ1) is 14.3. The largest absolute Gasteiger partial charge is 0.349 e. The molecule has 6 heteroatoms. The quantitative estimate of drug-likeness (QED) is 0.804. The summed E-state index contributed by atoms with van der Waals surface area (Å²) >= 11 is 6.89. The van der Waals surface area contributed by atoms with Crippen LogP contribution in [0.2, 0.25) is 0 Å². The molecule has 0 unspecified atom stereocenters. The van der Waals surface area contributed by atoms with E-state index in [1.54, 1.807) is 4.52 Å². The molecule has 0 fully saturated rings. The van der Waals surface area contributed by atoms with Gasteiger partial charge in [-0.25, -0.2) is 4.52 Å². The number of nitrogens with zero attached hydrogens (tertiary/aromatic N) is 3. The molecule has 0 saturated heterocycles. The number of anilines is 1. The fourth-order valence-corrected chi connectivity index (χ4v) is 2.34. The van der Waals surface area contributed by atoms with Crippen molar-refractivity contribution in [3.8, 4) is 0 Å². The molecule has 0 aliphatic heterocycles. The van der Waals surface area contributed by atoms with Gasteiger partial charge in [0.2, 0.25) is 5.95 Å². The summed E-state index contributed by atoms with van der Waals surface area (Å²) in [4.78, 5) is 4.43. The predicted molar refractivity (Wildman–Crippen MR) is 85.6 cm³/mol. The Morgan fingerprint density at radius 2 is 2.32 bits per heavy atom. The minimum atomic E-state index is 0.617. The summed E-state index contributed by atoms with van der Waals surface area (Å²) in [5.74, 6) is 0.617. The van der Waals surface area contributed by atoms with E-state index in [1.165, 1.54) is 5.57 Å². The zero-order valence-electron chi connectivity index (χ0n) is 10.7. The molecule has 2 rings (SSSR count). The van der Waals surface area contributed by atoms with Crippen molar-refractivity contribution in [3.63, 3.8) is 0 Å². The Balaban J connectivity index is 2.14.